The molecule has 1 heterocycles. The summed E-state index contributed by atoms with van der Waals surface area (Å²) >= 11 is 4.94. The molecule has 1 aromatic heterocycles. The van der Waals surface area contributed by atoms with Gasteiger partial charge >= 0.3 is 0 Å². The van der Waals surface area contributed by atoms with Crippen LogP contribution in [0.25, 0.3) is 0 Å². The number of hydrogen-bond donors (Lipinski definition) is 2. The Morgan fingerprint density at radius 3 is 2.79 bits per heavy atom. The predicted octanol–water partition coefficient (Wildman–Crippen LogP) is 2.74. The monoisotopic (exact) mass is 340 g/mol. The second-order valence-electron chi connectivity index (χ2n) is 3.98. The molecule has 0 atom stereocenters. The van der Waals surface area contributed by atoms with Gasteiger partial charge in [0.05, 0.1) is 10.7 Å². The number of nitrogens with two attached hydrogens (primary N) is 1. The average molecular weight is 341 g/mol. The zero-order valence-corrected chi connectivity index (χ0v) is 12.9. The quantitative estimate of drug-likeness (QED) is 0.390. The van der Waals surface area contributed by atoms with Crippen LogP contribution in [0.5, 0.6) is 0 Å². The van der Waals surface area contributed by atoms with E-state index in [0.29, 0.717) is 5.56 Å². The molecule has 5 nitrogen and oxygen atoms in total. The molecule has 0 radical (unpaired) electrons. The number of aromatic nitrogens is 2. The molecule has 19 heavy (non-hydrogen) atoms. The first-order valence-electron chi connectivity index (χ1n) is 5.47. The summed E-state index contributed by atoms with van der Waals surface area (Å²) in [6.07, 6.45) is 0. The molecule has 0 fully saturated rings. The Kier molecular flexibility index (Phi) is 4.16. The van der Waals surface area contributed by atoms with Gasteiger partial charge in [-0.2, -0.15) is 5.10 Å². The zero-order valence-electron chi connectivity index (χ0n) is 10.5. The fourth-order valence-corrected chi connectivity index (χ4v) is 3.25. The highest BCUT2D eigenvalue weighted by atomic mass is 79.9. The van der Waals surface area contributed by atoms with Crippen LogP contribution in [-0.2, 0) is 7.05 Å². The number of benzene rings is 1. The lowest BCUT2D eigenvalue weighted by atomic mass is 10.2. The van der Waals surface area contributed by atoms with Gasteiger partial charge in [0.2, 0.25) is 0 Å². The number of oxime groups is 1. The Balaban J connectivity index is 2.44. The van der Waals surface area contributed by atoms with Crippen LogP contribution in [0.4, 0.5) is 0 Å². The molecule has 3 N–H and O–H groups in total. The van der Waals surface area contributed by atoms with Gasteiger partial charge in [0.1, 0.15) is 0 Å². The fourth-order valence-electron chi connectivity index (χ4n) is 1.64. The summed E-state index contributed by atoms with van der Waals surface area (Å²) in [7, 11) is 1.89. The molecular weight excluding hydrogens is 328 g/mol. The SMILES string of the molecule is Cc1cc(Sc2cc(Br)ccc2/C(N)=N/O)n(C)n1. The van der Waals surface area contributed by atoms with Crippen LogP contribution in [-0.4, -0.2) is 20.8 Å². The van der Waals surface area contributed by atoms with E-state index in [9.17, 15) is 0 Å². The van der Waals surface area contributed by atoms with Gasteiger partial charge in [-0.25, -0.2) is 0 Å². The topological polar surface area (TPSA) is 76.4 Å². The van der Waals surface area contributed by atoms with E-state index in [1.165, 1.54) is 11.8 Å². The summed E-state index contributed by atoms with van der Waals surface area (Å²) in [6, 6.07) is 7.58. The summed E-state index contributed by atoms with van der Waals surface area (Å²) < 4.78 is 2.74. The first-order chi connectivity index (χ1) is 9.01. The molecule has 1 aromatic carbocycles. The van der Waals surface area contributed by atoms with Crippen molar-refractivity contribution in [1.82, 2.24) is 9.78 Å². The van der Waals surface area contributed by atoms with Crippen LogP contribution in [0.15, 0.2) is 43.8 Å². The number of amidine groups is 1. The molecule has 7 heteroatoms. The smallest absolute Gasteiger partial charge is 0.171 e. The Bertz CT molecular complexity index is 639. The van der Waals surface area contributed by atoms with Crippen LogP contribution in [0.3, 0.4) is 0 Å². The summed E-state index contributed by atoms with van der Waals surface area (Å²) in [5.74, 6) is 0.0916. The average Bonchev–Trinajstić information content (AvgIpc) is 2.67. The van der Waals surface area contributed by atoms with Gasteiger partial charge in [-0.3, -0.25) is 4.68 Å². The molecule has 0 spiro atoms. The van der Waals surface area contributed by atoms with Crippen molar-refractivity contribution in [3.05, 3.63) is 40.0 Å². The van der Waals surface area contributed by atoms with Crippen molar-refractivity contribution in [2.24, 2.45) is 17.9 Å². The van der Waals surface area contributed by atoms with Crippen molar-refractivity contribution in [2.75, 3.05) is 0 Å². The van der Waals surface area contributed by atoms with Gasteiger partial charge in [-0.05, 0) is 31.2 Å². The lowest BCUT2D eigenvalue weighted by molar-refractivity contribution is 0.318. The maximum Gasteiger partial charge on any atom is 0.171 e. The van der Waals surface area contributed by atoms with E-state index < -0.39 is 0 Å². The molecule has 2 rings (SSSR count). The number of halogens is 1. The molecular formula is C12H13BrN4OS. The molecule has 0 aliphatic carbocycles. The normalized spacial score (nSPS) is 11.8. The van der Waals surface area contributed by atoms with E-state index in [-0.39, 0.29) is 5.84 Å². The van der Waals surface area contributed by atoms with Crippen molar-refractivity contribution < 1.29 is 5.21 Å². The van der Waals surface area contributed by atoms with Crippen LogP contribution < -0.4 is 5.73 Å². The Morgan fingerprint density at radius 1 is 1.47 bits per heavy atom. The van der Waals surface area contributed by atoms with Crippen LogP contribution in [0.1, 0.15) is 11.3 Å². The molecule has 2 aromatic rings. The second-order valence-corrected chi connectivity index (χ2v) is 5.95. The van der Waals surface area contributed by atoms with Crippen molar-refractivity contribution in [2.45, 2.75) is 16.8 Å². The van der Waals surface area contributed by atoms with E-state index in [4.69, 9.17) is 10.9 Å². The number of aryl methyl sites for hydroxylation is 2. The van der Waals surface area contributed by atoms with Crippen LogP contribution in [0.2, 0.25) is 0 Å². The highest BCUT2D eigenvalue weighted by Gasteiger charge is 2.12. The summed E-state index contributed by atoms with van der Waals surface area (Å²) in [6.45, 7) is 1.94. The Hall–Kier alpha value is -1.47. The first-order valence-corrected chi connectivity index (χ1v) is 7.08. The molecule has 0 unspecified atom stereocenters. The van der Waals surface area contributed by atoms with E-state index >= 15 is 0 Å². The lowest BCUT2D eigenvalue weighted by Crippen LogP contribution is -2.14. The molecule has 0 aliphatic rings. The highest BCUT2D eigenvalue weighted by molar-refractivity contribution is 9.10. The lowest BCUT2D eigenvalue weighted by Gasteiger charge is -2.08. The van der Waals surface area contributed by atoms with Gasteiger partial charge in [-0.15, -0.1) is 0 Å². The molecule has 0 aliphatic heterocycles. The standard InChI is InChI=1S/C12H13BrN4OS/c1-7-5-11(17(2)15-7)19-10-6-8(13)3-4-9(10)12(14)16-18/h3-6,18H,1-2H3,(H2,14,16). The van der Waals surface area contributed by atoms with E-state index in [1.54, 1.807) is 4.68 Å². The minimum atomic E-state index is 0.0916. The summed E-state index contributed by atoms with van der Waals surface area (Å²) in [5, 5.41) is 17.2. The molecule has 0 bridgehead atoms. The van der Waals surface area contributed by atoms with E-state index in [0.717, 1.165) is 20.1 Å². The van der Waals surface area contributed by atoms with Gasteiger partial charge in [0.15, 0.2) is 5.84 Å². The minimum absolute atomic E-state index is 0.0916. The van der Waals surface area contributed by atoms with Gasteiger partial charge in [0, 0.05) is 22.0 Å². The maximum absolute atomic E-state index is 8.83. The van der Waals surface area contributed by atoms with E-state index in [1.807, 2.05) is 38.2 Å². The third-order valence-corrected chi connectivity index (χ3v) is 4.14. The van der Waals surface area contributed by atoms with Gasteiger partial charge < -0.3 is 10.9 Å². The number of rotatable bonds is 3. The van der Waals surface area contributed by atoms with Crippen molar-refractivity contribution >= 4 is 33.5 Å². The van der Waals surface area contributed by atoms with Gasteiger partial charge in [-0.1, -0.05) is 32.8 Å². The van der Waals surface area contributed by atoms with Crippen LogP contribution >= 0.6 is 27.7 Å². The van der Waals surface area contributed by atoms with Crippen molar-refractivity contribution in [1.29, 1.82) is 0 Å². The minimum Gasteiger partial charge on any atom is -0.409 e. The van der Waals surface area contributed by atoms with Crippen molar-refractivity contribution in [3.8, 4) is 0 Å². The summed E-state index contributed by atoms with van der Waals surface area (Å²) in [4.78, 5) is 0.896. The Morgan fingerprint density at radius 2 is 2.21 bits per heavy atom. The second kappa shape index (κ2) is 5.66. The molecule has 100 valence electrons. The van der Waals surface area contributed by atoms with Crippen molar-refractivity contribution in [3.63, 3.8) is 0 Å². The molecule has 0 saturated carbocycles. The van der Waals surface area contributed by atoms with Gasteiger partial charge in [0.25, 0.3) is 0 Å². The zero-order chi connectivity index (χ0) is 14.0. The number of hydrogen-bond acceptors (Lipinski definition) is 4. The molecule has 0 saturated heterocycles. The molecule has 0 amide bonds. The Labute approximate surface area is 123 Å². The van der Waals surface area contributed by atoms with E-state index in [2.05, 4.69) is 26.2 Å². The summed E-state index contributed by atoms with van der Waals surface area (Å²) in [5.41, 5.74) is 7.33. The maximum atomic E-state index is 8.83. The predicted molar refractivity (Wildman–Crippen MR) is 78.7 cm³/mol. The fraction of sp³-hybridized carbons (Fsp3) is 0.167. The largest absolute Gasteiger partial charge is 0.409 e. The first kappa shape index (κ1) is 14.0. The van der Waals surface area contributed by atoms with Crippen LogP contribution in [0, 0.1) is 6.92 Å². The highest BCUT2D eigenvalue weighted by Crippen LogP contribution is 2.32. The third-order valence-electron chi connectivity index (χ3n) is 2.50. The number of nitrogens with zero attached hydrogens (tertiary/aromatic N) is 3. The third kappa shape index (κ3) is 3.10.